The van der Waals surface area contributed by atoms with E-state index in [9.17, 15) is 9.59 Å². The predicted octanol–water partition coefficient (Wildman–Crippen LogP) is 5.91. The Bertz CT molecular complexity index is 682. The molecule has 1 aliphatic heterocycles. The average molecular weight is 386 g/mol. The van der Waals surface area contributed by atoms with Crippen LogP contribution < -0.4 is 0 Å². The molecular formula is C24H35NO3. The molecule has 1 atom stereocenters. The minimum absolute atomic E-state index is 0.175. The van der Waals surface area contributed by atoms with Crippen LogP contribution in [-0.4, -0.2) is 29.5 Å². The molecule has 1 aromatic carbocycles. The SMILES string of the molecule is CC(C)[C@H]1COC(=O)N1C(=O)c1cc2ccc1CCCCCCCCCCC2. The van der Waals surface area contributed by atoms with Crippen molar-refractivity contribution in [2.75, 3.05) is 6.61 Å². The number of carbonyl (C=O) groups excluding carboxylic acids is 2. The lowest BCUT2D eigenvalue weighted by molar-refractivity contribution is 0.0750. The highest BCUT2D eigenvalue weighted by Gasteiger charge is 2.40. The Morgan fingerprint density at radius 2 is 1.57 bits per heavy atom. The van der Waals surface area contributed by atoms with E-state index in [0.717, 1.165) is 31.2 Å². The first-order chi connectivity index (χ1) is 13.6. The van der Waals surface area contributed by atoms with E-state index in [-0.39, 0.29) is 17.9 Å². The number of nitrogens with zero attached hydrogens (tertiary/aromatic N) is 1. The second-order valence-electron chi connectivity index (χ2n) is 8.74. The van der Waals surface area contributed by atoms with E-state index in [4.69, 9.17) is 4.74 Å². The fraction of sp³-hybridized carbons (Fsp3) is 0.667. The number of benzene rings is 1. The number of hydrogen-bond donors (Lipinski definition) is 0. The molecule has 2 bridgehead atoms. The number of aryl methyl sites for hydroxylation is 2. The number of fused-ring (bicyclic) bond motifs is 12. The van der Waals surface area contributed by atoms with Crippen LogP contribution >= 0.6 is 0 Å². The van der Waals surface area contributed by atoms with Crippen molar-refractivity contribution >= 4 is 12.0 Å². The first kappa shape index (κ1) is 20.9. The molecule has 28 heavy (non-hydrogen) atoms. The number of imide groups is 1. The fourth-order valence-electron chi connectivity index (χ4n) is 4.37. The van der Waals surface area contributed by atoms with Gasteiger partial charge in [-0.3, -0.25) is 4.79 Å². The fourth-order valence-corrected chi connectivity index (χ4v) is 4.37. The van der Waals surface area contributed by atoms with E-state index >= 15 is 0 Å². The van der Waals surface area contributed by atoms with Gasteiger partial charge in [0.25, 0.3) is 5.91 Å². The average Bonchev–Trinajstić information content (AvgIpc) is 3.06. The van der Waals surface area contributed by atoms with Crippen molar-refractivity contribution in [2.24, 2.45) is 5.92 Å². The van der Waals surface area contributed by atoms with Crippen molar-refractivity contribution in [1.29, 1.82) is 0 Å². The van der Waals surface area contributed by atoms with Crippen LogP contribution in [0.3, 0.4) is 0 Å². The zero-order valence-electron chi connectivity index (χ0n) is 17.5. The van der Waals surface area contributed by atoms with Crippen molar-refractivity contribution in [2.45, 2.75) is 90.5 Å². The molecule has 2 aliphatic carbocycles. The summed E-state index contributed by atoms with van der Waals surface area (Å²) in [5.74, 6) is 0.00556. The maximum absolute atomic E-state index is 13.4. The molecule has 1 saturated heterocycles. The van der Waals surface area contributed by atoms with E-state index < -0.39 is 6.09 Å². The molecule has 0 aromatic heterocycles. The summed E-state index contributed by atoms with van der Waals surface area (Å²) in [4.78, 5) is 27.1. The van der Waals surface area contributed by atoms with Gasteiger partial charge in [-0.2, -0.15) is 0 Å². The van der Waals surface area contributed by atoms with Crippen LogP contribution in [0, 0.1) is 5.92 Å². The van der Waals surface area contributed by atoms with E-state index in [0.29, 0.717) is 12.2 Å². The van der Waals surface area contributed by atoms with Gasteiger partial charge in [0, 0.05) is 5.56 Å². The third-order valence-corrected chi connectivity index (χ3v) is 6.21. The molecule has 4 rings (SSSR count). The number of amides is 2. The summed E-state index contributed by atoms with van der Waals surface area (Å²) in [5.41, 5.74) is 2.98. The normalized spacial score (nSPS) is 22.0. The number of rotatable bonds is 2. The molecule has 2 amide bonds. The minimum Gasteiger partial charge on any atom is -0.447 e. The first-order valence-corrected chi connectivity index (χ1v) is 11.2. The van der Waals surface area contributed by atoms with Crippen LogP contribution in [-0.2, 0) is 17.6 Å². The Morgan fingerprint density at radius 3 is 2.21 bits per heavy atom. The van der Waals surface area contributed by atoms with E-state index in [1.165, 1.54) is 55.4 Å². The molecule has 1 aromatic rings. The van der Waals surface area contributed by atoms with Crippen LogP contribution in [0.15, 0.2) is 18.2 Å². The Hall–Kier alpha value is -1.84. The molecule has 154 valence electrons. The number of cyclic esters (lactones) is 1. The van der Waals surface area contributed by atoms with Crippen molar-refractivity contribution < 1.29 is 14.3 Å². The minimum atomic E-state index is -0.494. The zero-order chi connectivity index (χ0) is 19.9. The van der Waals surface area contributed by atoms with Gasteiger partial charge in [0.1, 0.15) is 6.61 Å². The quantitative estimate of drug-likeness (QED) is 0.635. The third-order valence-electron chi connectivity index (χ3n) is 6.21. The monoisotopic (exact) mass is 385 g/mol. The van der Waals surface area contributed by atoms with Gasteiger partial charge in [0.15, 0.2) is 0 Å². The molecule has 4 nitrogen and oxygen atoms in total. The van der Waals surface area contributed by atoms with Gasteiger partial charge in [-0.25, -0.2) is 9.69 Å². The van der Waals surface area contributed by atoms with Gasteiger partial charge in [-0.15, -0.1) is 0 Å². The Balaban J connectivity index is 1.85. The van der Waals surface area contributed by atoms with Crippen molar-refractivity contribution in [3.8, 4) is 0 Å². The van der Waals surface area contributed by atoms with Gasteiger partial charge < -0.3 is 4.74 Å². The highest BCUT2D eigenvalue weighted by Crippen LogP contribution is 2.26. The van der Waals surface area contributed by atoms with Crippen LogP contribution in [0.5, 0.6) is 0 Å². The van der Waals surface area contributed by atoms with Gasteiger partial charge in [0.2, 0.25) is 0 Å². The molecule has 0 N–H and O–H groups in total. The summed E-state index contributed by atoms with van der Waals surface area (Å²) < 4.78 is 5.22. The number of ether oxygens (including phenoxy) is 1. The maximum Gasteiger partial charge on any atom is 0.417 e. The van der Waals surface area contributed by atoms with E-state index in [1.807, 2.05) is 19.9 Å². The molecule has 1 heterocycles. The Kier molecular flexibility index (Phi) is 7.52. The van der Waals surface area contributed by atoms with Crippen molar-refractivity contribution in [3.05, 3.63) is 34.9 Å². The predicted molar refractivity (Wildman–Crippen MR) is 112 cm³/mol. The zero-order valence-corrected chi connectivity index (χ0v) is 17.5. The second-order valence-corrected chi connectivity index (χ2v) is 8.74. The first-order valence-electron chi connectivity index (χ1n) is 11.2. The molecule has 3 aliphatic rings. The molecule has 0 spiro atoms. The van der Waals surface area contributed by atoms with Crippen LogP contribution in [0.25, 0.3) is 0 Å². The molecule has 4 heteroatoms. The summed E-state index contributed by atoms with van der Waals surface area (Å²) in [6, 6.07) is 6.16. The smallest absolute Gasteiger partial charge is 0.417 e. The molecule has 1 fully saturated rings. The van der Waals surface area contributed by atoms with Crippen LogP contribution in [0.4, 0.5) is 4.79 Å². The second kappa shape index (κ2) is 10.1. The summed E-state index contributed by atoms with van der Waals surface area (Å²) in [6.07, 6.45) is 12.7. The summed E-state index contributed by atoms with van der Waals surface area (Å²) in [5, 5.41) is 0. The topological polar surface area (TPSA) is 46.6 Å². The molecule has 0 radical (unpaired) electrons. The van der Waals surface area contributed by atoms with Gasteiger partial charge in [-0.05, 0) is 48.8 Å². The lowest BCUT2D eigenvalue weighted by Crippen LogP contribution is -2.42. The highest BCUT2D eigenvalue weighted by molar-refractivity contribution is 6.05. The van der Waals surface area contributed by atoms with Crippen molar-refractivity contribution in [3.63, 3.8) is 0 Å². The van der Waals surface area contributed by atoms with Crippen LogP contribution in [0.2, 0.25) is 0 Å². The summed E-state index contributed by atoms with van der Waals surface area (Å²) in [7, 11) is 0. The Morgan fingerprint density at radius 1 is 0.964 bits per heavy atom. The largest absolute Gasteiger partial charge is 0.447 e. The maximum atomic E-state index is 13.4. The third kappa shape index (κ3) is 5.15. The van der Waals surface area contributed by atoms with Gasteiger partial charge in [0.05, 0.1) is 6.04 Å². The lowest BCUT2D eigenvalue weighted by Gasteiger charge is -2.24. The number of hydrogen-bond acceptors (Lipinski definition) is 3. The van der Waals surface area contributed by atoms with E-state index in [1.54, 1.807) is 0 Å². The Labute approximate surface area is 169 Å². The summed E-state index contributed by atoms with van der Waals surface area (Å²) in [6.45, 7) is 4.37. The lowest BCUT2D eigenvalue weighted by atomic mass is 9.95. The highest BCUT2D eigenvalue weighted by atomic mass is 16.6. The van der Waals surface area contributed by atoms with Gasteiger partial charge in [-0.1, -0.05) is 70.9 Å². The molecular weight excluding hydrogens is 350 g/mol. The summed E-state index contributed by atoms with van der Waals surface area (Å²) >= 11 is 0. The van der Waals surface area contributed by atoms with Crippen molar-refractivity contribution in [1.82, 2.24) is 4.90 Å². The molecule has 0 unspecified atom stereocenters. The molecule has 0 saturated carbocycles. The number of carbonyl (C=O) groups is 2. The van der Waals surface area contributed by atoms with Gasteiger partial charge >= 0.3 is 6.09 Å². The standard InChI is InChI=1S/C24H35NO3/c1-18(2)22-17-28-24(27)25(22)23(26)21-16-19-12-10-8-6-4-3-5-7-9-11-13-20(21)15-14-19/h14-16,18,22H,3-13,17H2,1-2H3/t22-/m1/s1. The van der Waals surface area contributed by atoms with E-state index in [2.05, 4.69) is 12.1 Å². The van der Waals surface area contributed by atoms with Crippen LogP contribution in [0.1, 0.15) is 93.1 Å².